The maximum Gasteiger partial charge on any atom is 0.227 e. The molecular formula is C16H23NO. The summed E-state index contributed by atoms with van der Waals surface area (Å²) in [4.78, 5) is 12.0. The first-order valence-corrected chi connectivity index (χ1v) is 7.11. The van der Waals surface area contributed by atoms with E-state index in [9.17, 15) is 4.79 Å². The van der Waals surface area contributed by atoms with Crippen LogP contribution in [0, 0.1) is 5.92 Å². The number of nitrogens with one attached hydrogen (secondary N) is 1. The molecule has 0 saturated heterocycles. The van der Waals surface area contributed by atoms with Crippen LogP contribution >= 0.6 is 0 Å². The first-order chi connectivity index (χ1) is 8.70. The highest BCUT2D eigenvalue weighted by molar-refractivity contribution is 5.92. The molecule has 2 rings (SSSR count). The molecule has 1 amide bonds. The van der Waals surface area contributed by atoms with Crippen LogP contribution in [0.2, 0.25) is 0 Å². The summed E-state index contributed by atoms with van der Waals surface area (Å²) in [6, 6.07) is 8.29. The smallest absolute Gasteiger partial charge is 0.227 e. The summed E-state index contributed by atoms with van der Waals surface area (Å²) in [6.07, 6.45) is 5.65. The maximum absolute atomic E-state index is 12.0. The van der Waals surface area contributed by atoms with Gasteiger partial charge in [-0.05, 0) is 42.9 Å². The van der Waals surface area contributed by atoms with E-state index in [1.54, 1.807) is 0 Å². The van der Waals surface area contributed by atoms with Crippen LogP contribution in [0.15, 0.2) is 24.3 Å². The third-order valence-corrected chi connectivity index (χ3v) is 4.09. The van der Waals surface area contributed by atoms with Gasteiger partial charge in [0.2, 0.25) is 5.91 Å². The van der Waals surface area contributed by atoms with Crippen molar-refractivity contribution in [2.45, 2.75) is 51.9 Å². The first-order valence-electron chi connectivity index (χ1n) is 7.11. The second-order valence-electron chi connectivity index (χ2n) is 5.40. The lowest BCUT2D eigenvalue weighted by atomic mass is 9.98. The number of anilines is 1. The molecule has 1 aliphatic rings. The van der Waals surface area contributed by atoms with Gasteiger partial charge < -0.3 is 5.32 Å². The molecule has 0 bridgehead atoms. The van der Waals surface area contributed by atoms with E-state index in [2.05, 4.69) is 31.3 Å². The lowest BCUT2D eigenvalue weighted by molar-refractivity contribution is -0.119. The molecule has 1 fully saturated rings. The Labute approximate surface area is 110 Å². The highest BCUT2D eigenvalue weighted by Crippen LogP contribution is 2.26. The van der Waals surface area contributed by atoms with Crippen LogP contribution in [0.25, 0.3) is 0 Å². The standard InChI is InChI=1S/C16H23NO/c1-3-12(2)13-8-10-15(11-9-13)17-16(18)14-6-4-5-7-14/h8-12,14H,3-7H2,1-2H3,(H,17,18). The van der Waals surface area contributed by atoms with Gasteiger partial charge in [0.05, 0.1) is 0 Å². The molecule has 0 aliphatic heterocycles. The zero-order valence-electron chi connectivity index (χ0n) is 11.4. The van der Waals surface area contributed by atoms with Crippen molar-refractivity contribution in [3.63, 3.8) is 0 Å². The van der Waals surface area contributed by atoms with Gasteiger partial charge in [0, 0.05) is 11.6 Å². The lowest BCUT2D eigenvalue weighted by Crippen LogP contribution is -2.20. The summed E-state index contributed by atoms with van der Waals surface area (Å²) in [6.45, 7) is 4.42. The number of carbonyl (C=O) groups is 1. The molecule has 2 nitrogen and oxygen atoms in total. The van der Waals surface area contributed by atoms with Crippen molar-refractivity contribution in [2.75, 3.05) is 5.32 Å². The Kier molecular flexibility index (Phi) is 4.40. The van der Waals surface area contributed by atoms with E-state index in [1.165, 1.54) is 18.4 Å². The molecule has 2 heteroatoms. The van der Waals surface area contributed by atoms with Gasteiger partial charge >= 0.3 is 0 Å². The Balaban J connectivity index is 1.95. The van der Waals surface area contributed by atoms with Crippen molar-refractivity contribution in [1.82, 2.24) is 0 Å². The van der Waals surface area contributed by atoms with Crippen LogP contribution in [-0.2, 0) is 4.79 Å². The van der Waals surface area contributed by atoms with Gasteiger partial charge in [0.15, 0.2) is 0 Å². The van der Waals surface area contributed by atoms with Gasteiger partial charge in [0.25, 0.3) is 0 Å². The molecule has 1 atom stereocenters. The predicted octanol–water partition coefficient (Wildman–Crippen LogP) is 4.33. The van der Waals surface area contributed by atoms with E-state index in [-0.39, 0.29) is 11.8 Å². The van der Waals surface area contributed by atoms with Gasteiger partial charge in [-0.15, -0.1) is 0 Å². The number of amides is 1. The second kappa shape index (κ2) is 6.03. The van der Waals surface area contributed by atoms with Crippen molar-refractivity contribution in [1.29, 1.82) is 0 Å². The number of carbonyl (C=O) groups excluding carboxylic acids is 1. The fourth-order valence-electron chi connectivity index (χ4n) is 2.56. The molecule has 0 heterocycles. The molecule has 1 aliphatic carbocycles. The van der Waals surface area contributed by atoms with Crippen molar-refractivity contribution in [2.24, 2.45) is 5.92 Å². The number of rotatable bonds is 4. The average molecular weight is 245 g/mol. The van der Waals surface area contributed by atoms with E-state index in [0.29, 0.717) is 5.92 Å². The van der Waals surface area contributed by atoms with E-state index in [0.717, 1.165) is 24.9 Å². The minimum atomic E-state index is 0.198. The monoisotopic (exact) mass is 245 g/mol. The fraction of sp³-hybridized carbons (Fsp3) is 0.562. The summed E-state index contributed by atoms with van der Waals surface area (Å²) in [5.41, 5.74) is 2.27. The van der Waals surface area contributed by atoms with Gasteiger partial charge in [-0.1, -0.05) is 38.8 Å². The van der Waals surface area contributed by atoms with Crippen LogP contribution in [0.3, 0.4) is 0 Å². The molecule has 0 spiro atoms. The topological polar surface area (TPSA) is 29.1 Å². The van der Waals surface area contributed by atoms with Crippen molar-refractivity contribution < 1.29 is 4.79 Å². The third kappa shape index (κ3) is 3.12. The molecule has 18 heavy (non-hydrogen) atoms. The molecule has 1 aromatic rings. The van der Waals surface area contributed by atoms with Crippen LogP contribution in [0.5, 0.6) is 0 Å². The summed E-state index contributed by atoms with van der Waals surface area (Å²) in [5, 5.41) is 3.03. The Hall–Kier alpha value is -1.31. The average Bonchev–Trinajstić information content (AvgIpc) is 2.92. The second-order valence-corrected chi connectivity index (χ2v) is 5.40. The zero-order chi connectivity index (χ0) is 13.0. The summed E-state index contributed by atoms with van der Waals surface area (Å²) < 4.78 is 0. The van der Waals surface area contributed by atoms with Crippen molar-refractivity contribution in [3.8, 4) is 0 Å². The Morgan fingerprint density at radius 3 is 2.44 bits per heavy atom. The normalized spacial score (nSPS) is 17.7. The molecule has 1 aromatic carbocycles. The number of benzene rings is 1. The molecule has 1 N–H and O–H groups in total. The Bertz CT molecular complexity index is 390. The molecule has 0 aromatic heterocycles. The van der Waals surface area contributed by atoms with Crippen molar-refractivity contribution in [3.05, 3.63) is 29.8 Å². The van der Waals surface area contributed by atoms with E-state index in [4.69, 9.17) is 0 Å². The minimum absolute atomic E-state index is 0.198. The van der Waals surface area contributed by atoms with Gasteiger partial charge in [-0.2, -0.15) is 0 Å². The minimum Gasteiger partial charge on any atom is -0.326 e. The largest absolute Gasteiger partial charge is 0.326 e. The maximum atomic E-state index is 12.0. The first kappa shape index (κ1) is 13.1. The van der Waals surface area contributed by atoms with Gasteiger partial charge in [-0.3, -0.25) is 4.79 Å². The Morgan fingerprint density at radius 2 is 1.89 bits per heavy atom. The van der Waals surface area contributed by atoms with Gasteiger partial charge in [-0.25, -0.2) is 0 Å². The summed E-state index contributed by atoms with van der Waals surface area (Å²) in [7, 11) is 0. The quantitative estimate of drug-likeness (QED) is 0.840. The van der Waals surface area contributed by atoms with E-state index < -0.39 is 0 Å². The summed E-state index contributed by atoms with van der Waals surface area (Å²) >= 11 is 0. The van der Waals surface area contributed by atoms with Crippen LogP contribution in [0.4, 0.5) is 5.69 Å². The SMILES string of the molecule is CCC(C)c1ccc(NC(=O)C2CCCC2)cc1. The van der Waals surface area contributed by atoms with E-state index >= 15 is 0 Å². The van der Waals surface area contributed by atoms with Crippen molar-refractivity contribution >= 4 is 11.6 Å². The van der Waals surface area contributed by atoms with Crippen LogP contribution in [-0.4, -0.2) is 5.91 Å². The van der Waals surface area contributed by atoms with Crippen LogP contribution in [0.1, 0.15) is 57.4 Å². The third-order valence-electron chi connectivity index (χ3n) is 4.09. The molecule has 98 valence electrons. The highest BCUT2D eigenvalue weighted by atomic mass is 16.1. The molecular weight excluding hydrogens is 222 g/mol. The Morgan fingerprint density at radius 1 is 1.28 bits per heavy atom. The van der Waals surface area contributed by atoms with E-state index in [1.807, 2.05) is 12.1 Å². The summed E-state index contributed by atoms with van der Waals surface area (Å²) in [5.74, 6) is 1.02. The van der Waals surface area contributed by atoms with Crippen LogP contribution < -0.4 is 5.32 Å². The highest BCUT2D eigenvalue weighted by Gasteiger charge is 2.22. The molecule has 0 radical (unpaired) electrons. The predicted molar refractivity (Wildman–Crippen MR) is 75.7 cm³/mol. The molecule has 1 unspecified atom stereocenters. The lowest BCUT2D eigenvalue weighted by Gasteiger charge is -2.12. The number of hydrogen-bond donors (Lipinski definition) is 1. The number of hydrogen-bond acceptors (Lipinski definition) is 1. The van der Waals surface area contributed by atoms with Gasteiger partial charge in [0.1, 0.15) is 0 Å². The zero-order valence-corrected chi connectivity index (χ0v) is 11.4. The molecule has 1 saturated carbocycles. The fourth-order valence-corrected chi connectivity index (χ4v) is 2.56.